The van der Waals surface area contributed by atoms with Crippen LogP contribution in [0.3, 0.4) is 0 Å². The van der Waals surface area contributed by atoms with Gasteiger partial charge in [-0.05, 0) is 69.8 Å². The summed E-state index contributed by atoms with van der Waals surface area (Å²) in [5.41, 5.74) is 0. The van der Waals surface area contributed by atoms with Crippen molar-refractivity contribution in [2.24, 2.45) is 11.8 Å². The first-order chi connectivity index (χ1) is 25.8. The summed E-state index contributed by atoms with van der Waals surface area (Å²) in [6.07, 6.45) is 20.6. The summed E-state index contributed by atoms with van der Waals surface area (Å²) in [5.74, 6) is -6.28. The van der Waals surface area contributed by atoms with E-state index in [0.717, 1.165) is 76.5 Å². The Morgan fingerprint density at radius 1 is 0.796 bits per heavy atom. The average Bonchev–Trinajstić information content (AvgIpc) is 3.13. The highest BCUT2D eigenvalue weighted by Crippen LogP contribution is 2.14. The number of esters is 1. The first-order valence-corrected chi connectivity index (χ1v) is 19.0. The maximum atomic E-state index is 13.2. The molecule has 304 valence electrons. The molecule has 0 saturated carbocycles. The minimum atomic E-state index is -1.55. The quantitative estimate of drug-likeness (QED) is 0.0322. The molecule has 5 amide bonds. The second kappa shape index (κ2) is 28.0. The van der Waals surface area contributed by atoms with Gasteiger partial charge in [-0.1, -0.05) is 64.7 Å². The van der Waals surface area contributed by atoms with Crippen molar-refractivity contribution in [3.63, 3.8) is 0 Å². The Hall–Kier alpha value is -4.57. The summed E-state index contributed by atoms with van der Waals surface area (Å²) >= 11 is 0. The van der Waals surface area contributed by atoms with Crippen LogP contribution >= 0.6 is 0 Å². The Labute approximate surface area is 318 Å². The van der Waals surface area contributed by atoms with E-state index in [0.29, 0.717) is 12.8 Å². The van der Waals surface area contributed by atoms with Crippen LogP contribution < -0.4 is 26.6 Å². The lowest BCUT2D eigenvalue weighted by Crippen LogP contribution is -2.59. The number of allylic oxidation sites excluding steroid dienone is 3. The molecule has 0 aliphatic carbocycles. The number of carbonyl (C=O) groups excluding carboxylic acids is 6. The Morgan fingerprint density at radius 3 is 2.00 bits per heavy atom. The first-order valence-electron chi connectivity index (χ1n) is 19.0. The van der Waals surface area contributed by atoms with Crippen LogP contribution in [0.2, 0.25) is 0 Å². The van der Waals surface area contributed by atoms with Gasteiger partial charge in [0.1, 0.15) is 24.7 Å². The van der Waals surface area contributed by atoms with Gasteiger partial charge in [-0.3, -0.25) is 28.8 Å². The molecule has 0 radical (unpaired) electrons. The molecule has 8 N–H and O–H groups in total. The highest BCUT2D eigenvalue weighted by Gasteiger charge is 2.34. The molecule has 1 aliphatic heterocycles. The third kappa shape index (κ3) is 20.0. The Morgan fingerprint density at radius 2 is 1.41 bits per heavy atom. The SMILES string of the molecule is CCC(CCCC/C=C\CCCCCCC/C=C\C(=O)N/C=C/C(=O)N[C@H]1COC(=O)[C@H](CO)NC(=O)[C@H](CCO)NC(=O)[C@@H](C(C)C)NC1=O)C(=O)O. The molecule has 1 unspecified atom stereocenters. The Kier molecular flexibility index (Phi) is 24.6. The fourth-order valence-corrected chi connectivity index (χ4v) is 5.45. The van der Waals surface area contributed by atoms with Gasteiger partial charge in [-0.2, -0.15) is 0 Å². The lowest BCUT2D eigenvalue weighted by atomic mass is 9.99. The third-order valence-corrected chi connectivity index (χ3v) is 8.76. The van der Waals surface area contributed by atoms with E-state index < -0.39 is 91.4 Å². The molecule has 1 heterocycles. The van der Waals surface area contributed by atoms with E-state index >= 15 is 0 Å². The van der Waals surface area contributed by atoms with Crippen LogP contribution in [0, 0.1) is 11.8 Å². The maximum Gasteiger partial charge on any atom is 0.331 e. The number of hydrogen-bond donors (Lipinski definition) is 8. The van der Waals surface area contributed by atoms with Gasteiger partial charge in [0.05, 0.1) is 12.5 Å². The molecule has 16 heteroatoms. The number of unbranched alkanes of at least 4 members (excludes halogenated alkanes) is 8. The van der Waals surface area contributed by atoms with Gasteiger partial charge in [0, 0.05) is 18.9 Å². The van der Waals surface area contributed by atoms with Gasteiger partial charge in [-0.25, -0.2) is 4.79 Å². The van der Waals surface area contributed by atoms with E-state index in [1.54, 1.807) is 19.9 Å². The normalized spacial score (nSPS) is 20.8. The summed E-state index contributed by atoms with van der Waals surface area (Å²) in [7, 11) is 0. The smallest absolute Gasteiger partial charge is 0.331 e. The number of carbonyl (C=O) groups is 7. The molecular weight excluding hydrogens is 702 g/mol. The molecular formula is C38H61N5O11. The summed E-state index contributed by atoms with van der Waals surface area (Å²) in [4.78, 5) is 87.4. The van der Waals surface area contributed by atoms with Crippen molar-refractivity contribution in [3.05, 3.63) is 36.6 Å². The molecule has 54 heavy (non-hydrogen) atoms. The van der Waals surface area contributed by atoms with Crippen molar-refractivity contribution in [2.45, 2.75) is 128 Å². The average molecular weight is 764 g/mol. The summed E-state index contributed by atoms with van der Waals surface area (Å²) in [6, 6.07) is -5.48. The predicted octanol–water partition coefficient (Wildman–Crippen LogP) is 1.66. The van der Waals surface area contributed by atoms with Gasteiger partial charge in [0.15, 0.2) is 6.04 Å². The molecule has 1 rings (SSSR count). The van der Waals surface area contributed by atoms with Crippen LogP contribution in [0.15, 0.2) is 36.6 Å². The lowest BCUT2D eigenvalue weighted by molar-refractivity contribution is -0.151. The number of nitrogens with one attached hydrogen (secondary N) is 5. The zero-order chi connectivity index (χ0) is 40.3. The van der Waals surface area contributed by atoms with E-state index in [-0.39, 0.29) is 12.3 Å². The van der Waals surface area contributed by atoms with Crippen molar-refractivity contribution in [1.29, 1.82) is 0 Å². The minimum absolute atomic E-state index is 0.205. The predicted molar refractivity (Wildman–Crippen MR) is 200 cm³/mol. The van der Waals surface area contributed by atoms with Crippen LogP contribution in [0.5, 0.6) is 0 Å². The number of carboxylic acids is 1. The zero-order valence-corrected chi connectivity index (χ0v) is 31.8. The van der Waals surface area contributed by atoms with Gasteiger partial charge in [0.25, 0.3) is 0 Å². The monoisotopic (exact) mass is 763 g/mol. The summed E-state index contributed by atoms with van der Waals surface area (Å²) in [5, 5.41) is 40.1. The van der Waals surface area contributed by atoms with Gasteiger partial charge < -0.3 is 46.6 Å². The zero-order valence-electron chi connectivity index (χ0n) is 31.8. The number of carboxylic acid groups (broad SMARTS) is 1. The lowest BCUT2D eigenvalue weighted by Gasteiger charge is -2.26. The molecule has 1 aliphatic rings. The van der Waals surface area contributed by atoms with E-state index in [1.807, 2.05) is 6.92 Å². The van der Waals surface area contributed by atoms with Crippen LogP contribution in [-0.4, -0.2) is 101 Å². The number of aliphatic hydroxyl groups excluding tert-OH is 2. The topological polar surface area (TPSA) is 250 Å². The molecule has 16 nitrogen and oxygen atoms in total. The van der Waals surface area contributed by atoms with E-state index in [1.165, 1.54) is 6.08 Å². The van der Waals surface area contributed by atoms with E-state index in [4.69, 9.17) is 9.84 Å². The minimum Gasteiger partial charge on any atom is -0.481 e. The van der Waals surface area contributed by atoms with Crippen molar-refractivity contribution < 1.29 is 53.6 Å². The second-order valence-corrected chi connectivity index (χ2v) is 13.5. The van der Waals surface area contributed by atoms with Crippen LogP contribution in [0.25, 0.3) is 0 Å². The summed E-state index contributed by atoms with van der Waals surface area (Å²) in [6.45, 7) is 3.15. The number of hydrogen-bond acceptors (Lipinski definition) is 10. The van der Waals surface area contributed by atoms with E-state index in [2.05, 4.69) is 38.7 Å². The van der Waals surface area contributed by atoms with Crippen molar-refractivity contribution in [3.8, 4) is 0 Å². The molecule has 0 aromatic heterocycles. The van der Waals surface area contributed by atoms with Crippen LogP contribution in [-0.2, 0) is 38.3 Å². The molecule has 0 aromatic carbocycles. The number of ether oxygens (including phenoxy) is 1. The number of rotatable bonds is 23. The first kappa shape index (κ1) is 47.5. The molecule has 0 bridgehead atoms. The van der Waals surface area contributed by atoms with Gasteiger partial charge >= 0.3 is 11.9 Å². The molecule has 0 aromatic rings. The Balaban J connectivity index is 2.51. The van der Waals surface area contributed by atoms with Gasteiger partial charge in [0.2, 0.25) is 29.5 Å². The number of aliphatic hydroxyl groups is 2. The van der Waals surface area contributed by atoms with Gasteiger partial charge in [-0.15, -0.1) is 0 Å². The number of cyclic esters (lactones) is 1. The van der Waals surface area contributed by atoms with Crippen LogP contribution in [0.4, 0.5) is 0 Å². The van der Waals surface area contributed by atoms with Crippen molar-refractivity contribution in [1.82, 2.24) is 26.6 Å². The Bertz CT molecular complexity index is 1300. The molecule has 0 spiro atoms. The number of aliphatic carboxylic acids is 1. The standard InChI is InChI=1S/C38H61N5O11/c1-4-27(37(51)52)18-16-14-12-10-8-6-5-7-9-11-13-15-17-19-31(46)39-22-20-32(47)40-30-25-54-38(53)29(24-45)42-34(48)28(21-23-44)41-36(50)33(26(2)3)43-35(30)49/h8,10,17,19-20,22,26-30,33,44-45H,4-7,9,11-16,18,21,23-25H2,1-3H3,(H,39,46)(H,40,47)(H,41,50)(H,42,48)(H,43,49)(H,51,52)/b10-8-,19-17-,22-20+/t27?,28-,29-,30-,33+/m0/s1. The van der Waals surface area contributed by atoms with Crippen LogP contribution in [0.1, 0.15) is 104 Å². The highest BCUT2D eigenvalue weighted by atomic mass is 16.5. The molecule has 5 atom stereocenters. The van der Waals surface area contributed by atoms with Crippen molar-refractivity contribution >= 4 is 41.5 Å². The largest absolute Gasteiger partial charge is 0.481 e. The number of amides is 5. The molecule has 1 saturated heterocycles. The highest BCUT2D eigenvalue weighted by molar-refractivity contribution is 5.97. The molecule has 1 fully saturated rings. The fourth-order valence-electron chi connectivity index (χ4n) is 5.45. The maximum absolute atomic E-state index is 13.2. The fraction of sp³-hybridized carbons (Fsp3) is 0.658. The van der Waals surface area contributed by atoms with E-state index in [9.17, 15) is 43.8 Å². The summed E-state index contributed by atoms with van der Waals surface area (Å²) < 4.78 is 5.12. The second-order valence-electron chi connectivity index (χ2n) is 13.5. The van der Waals surface area contributed by atoms with Crippen molar-refractivity contribution in [2.75, 3.05) is 19.8 Å². The third-order valence-electron chi connectivity index (χ3n) is 8.76.